The van der Waals surface area contributed by atoms with E-state index in [2.05, 4.69) is 63.5 Å². The summed E-state index contributed by atoms with van der Waals surface area (Å²) in [5, 5.41) is 6.80. The molecule has 26 heavy (non-hydrogen) atoms. The highest BCUT2D eigenvalue weighted by atomic mass is 15.2. The zero-order valence-electron chi connectivity index (χ0n) is 16.9. The van der Waals surface area contributed by atoms with Crippen molar-refractivity contribution in [1.29, 1.82) is 0 Å². The fraction of sp³-hybridized carbons (Fsp3) is 0.667. The molecule has 146 valence electrons. The summed E-state index contributed by atoms with van der Waals surface area (Å²) in [6.07, 6.45) is 4.09. The third kappa shape index (κ3) is 7.34. The SMILES string of the molecule is CCN(CC)CCNC(=NC)NCc1ccc(CN2CCCCC2)cc1. The average Bonchev–Trinajstić information content (AvgIpc) is 2.69. The van der Waals surface area contributed by atoms with E-state index in [1.54, 1.807) is 0 Å². The lowest BCUT2D eigenvalue weighted by Gasteiger charge is -2.26. The van der Waals surface area contributed by atoms with E-state index in [1.807, 2.05) is 7.05 Å². The standard InChI is InChI=1S/C21H37N5/c1-4-25(5-2)16-13-23-21(22-3)24-17-19-9-11-20(12-10-19)18-26-14-7-6-8-15-26/h9-12H,4-8,13-18H2,1-3H3,(H2,22,23,24). The number of likely N-dealkylation sites (tertiary alicyclic amines) is 1. The first-order chi connectivity index (χ1) is 12.7. The molecule has 0 radical (unpaired) electrons. The van der Waals surface area contributed by atoms with Crippen molar-refractivity contribution in [2.45, 2.75) is 46.2 Å². The Morgan fingerprint density at radius 3 is 2.27 bits per heavy atom. The van der Waals surface area contributed by atoms with Crippen LogP contribution in [-0.4, -0.2) is 62.1 Å². The van der Waals surface area contributed by atoms with Crippen LogP contribution < -0.4 is 10.6 Å². The van der Waals surface area contributed by atoms with Crippen LogP contribution in [0.15, 0.2) is 29.3 Å². The van der Waals surface area contributed by atoms with Crippen molar-refractivity contribution in [3.05, 3.63) is 35.4 Å². The minimum atomic E-state index is 0.801. The van der Waals surface area contributed by atoms with Crippen LogP contribution in [0.1, 0.15) is 44.2 Å². The molecule has 0 saturated carbocycles. The first-order valence-electron chi connectivity index (χ1n) is 10.2. The van der Waals surface area contributed by atoms with Gasteiger partial charge in [0.05, 0.1) is 0 Å². The highest BCUT2D eigenvalue weighted by Gasteiger charge is 2.10. The Kier molecular flexibility index (Phi) is 9.50. The number of nitrogens with zero attached hydrogens (tertiary/aromatic N) is 3. The molecule has 5 nitrogen and oxygen atoms in total. The molecular formula is C21H37N5. The van der Waals surface area contributed by atoms with Gasteiger partial charge < -0.3 is 15.5 Å². The molecule has 0 atom stereocenters. The van der Waals surface area contributed by atoms with E-state index in [4.69, 9.17) is 0 Å². The number of benzene rings is 1. The number of hydrogen-bond acceptors (Lipinski definition) is 3. The van der Waals surface area contributed by atoms with Crippen molar-refractivity contribution in [1.82, 2.24) is 20.4 Å². The molecule has 1 aliphatic heterocycles. The highest BCUT2D eigenvalue weighted by molar-refractivity contribution is 5.79. The van der Waals surface area contributed by atoms with Crippen LogP contribution >= 0.6 is 0 Å². The van der Waals surface area contributed by atoms with Crippen molar-refractivity contribution < 1.29 is 0 Å². The van der Waals surface area contributed by atoms with Gasteiger partial charge in [0.2, 0.25) is 0 Å². The van der Waals surface area contributed by atoms with Crippen LogP contribution in [0.2, 0.25) is 0 Å². The molecule has 1 fully saturated rings. The van der Waals surface area contributed by atoms with Crippen LogP contribution in [0.3, 0.4) is 0 Å². The second-order valence-electron chi connectivity index (χ2n) is 7.03. The van der Waals surface area contributed by atoms with Crippen molar-refractivity contribution in [2.75, 3.05) is 46.3 Å². The number of hydrogen-bond donors (Lipinski definition) is 2. The molecule has 2 N–H and O–H groups in total. The average molecular weight is 360 g/mol. The Bertz CT molecular complexity index is 516. The van der Waals surface area contributed by atoms with Crippen LogP contribution in [-0.2, 0) is 13.1 Å². The van der Waals surface area contributed by atoms with Gasteiger partial charge in [-0.3, -0.25) is 9.89 Å². The Morgan fingerprint density at radius 2 is 1.65 bits per heavy atom. The summed E-state index contributed by atoms with van der Waals surface area (Å²) in [5.74, 6) is 0.870. The Morgan fingerprint density at radius 1 is 1.00 bits per heavy atom. The van der Waals surface area contributed by atoms with E-state index in [0.29, 0.717) is 0 Å². The van der Waals surface area contributed by atoms with Crippen molar-refractivity contribution >= 4 is 5.96 Å². The third-order valence-electron chi connectivity index (χ3n) is 5.18. The molecule has 0 aliphatic carbocycles. The monoisotopic (exact) mass is 359 g/mol. The first-order valence-corrected chi connectivity index (χ1v) is 10.2. The van der Waals surface area contributed by atoms with Gasteiger partial charge >= 0.3 is 0 Å². The zero-order chi connectivity index (χ0) is 18.6. The fourth-order valence-corrected chi connectivity index (χ4v) is 3.42. The molecule has 1 aromatic carbocycles. The summed E-state index contributed by atoms with van der Waals surface area (Å²) in [4.78, 5) is 9.29. The van der Waals surface area contributed by atoms with Crippen LogP contribution in [0, 0.1) is 0 Å². The number of nitrogens with one attached hydrogen (secondary N) is 2. The van der Waals surface area contributed by atoms with Crippen molar-refractivity contribution in [3.63, 3.8) is 0 Å². The van der Waals surface area contributed by atoms with Crippen molar-refractivity contribution in [2.24, 2.45) is 4.99 Å². The van der Waals surface area contributed by atoms with E-state index in [0.717, 1.165) is 45.2 Å². The molecule has 1 aromatic rings. The fourth-order valence-electron chi connectivity index (χ4n) is 3.42. The Labute approximate surface area is 159 Å². The maximum atomic E-state index is 4.32. The Hall–Kier alpha value is -1.59. The highest BCUT2D eigenvalue weighted by Crippen LogP contribution is 2.13. The summed E-state index contributed by atoms with van der Waals surface area (Å²) in [5.41, 5.74) is 2.71. The molecule has 5 heteroatoms. The number of likely N-dealkylation sites (N-methyl/N-ethyl adjacent to an activating group) is 1. The molecule has 0 unspecified atom stereocenters. The number of rotatable bonds is 9. The van der Waals surface area contributed by atoms with E-state index in [1.165, 1.54) is 43.5 Å². The van der Waals surface area contributed by atoms with Gasteiger partial charge in [0.25, 0.3) is 0 Å². The van der Waals surface area contributed by atoms with Gasteiger partial charge in [-0.2, -0.15) is 0 Å². The number of aliphatic imine (C=N–C) groups is 1. The number of piperidine rings is 1. The second-order valence-corrected chi connectivity index (χ2v) is 7.03. The van der Waals surface area contributed by atoms with E-state index in [-0.39, 0.29) is 0 Å². The van der Waals surface area contributed by atoms with Gasteiger partial charge in [0.15, 0.2) is 5.96 Å². The molecule has 0 aromatic heterocycles. The van der Waals surface area contributed by atoms with Crippen LogP contribution in [0.5, 0.6) is 0 Å². The van der Waals surface area contributed by atoms with Gasteiger partial charge in [-0.05, 0) is 50.1 Å². The minimum Gasteiger partial charge on any atom is -0.355 e. The van der Waals surface area contributed by atoms with Gasteiger partial charge in [0.1, 0.15) is 0 Å². The minimum absolute atomic E-state index is 0.801. The lowest BCUT2D eigenvalue weighted by Crippen LogP contribution is -2.41. The van der Waals surface area contributed by atoms with Gasteiger partial charge in [-0.15, -0.1) is 0 Å². The summed E-state index contributed by atoms with van der Waals surface area (Å²) in [6.45, 7) is 12.9. The lowest BCUT2D eigenvalue weighted by atomic mass is 10.1. The quantitative estimate of drug-likeness (QED) is 0.525. The number of guanidine groups is 1. The molecule has 1 saturated heterocycles. The molecule has 0 bridgehead atoms. The zero-order valence-corrected chi connectivity index (χ0v) is 16.9. The molecule has 0 spiro atoms. The lowest BCUT2D eigenvalue weighted by molar-refractivity contribution is 0.221. The van der Waals surface area contributed by atoms with Gasteiger partial charge in [-0.25, -0.2) is 0 Å². The maximum Gasteiger partial charge on any atom is 0.191 e. The summed E-state index contributed by atoms with van der Waals surface area (Å²) < 4.78 is 0. The van der Waals surface area contributed by atoms with Gasteiger partial charge in [0, 0.05) is 33.2 Å². The molecule has 2 rings (SSSR count). The molecule has 1 aliphatic rings. The van der Waals surface area contributed by atoms with Crippen molar-refractivity contribution in [3.8, 4) is 0 Å². The van der Waals surface area contributed by atoms with Gasteiger partial charge in [-0.1, -0.05) is 44.5 Å². The second kappa shape index (κ2) is 11.9. The maximum absolute atomic E-state index is 4.32. The predicted molar refractivity (Wildman–Crippen MR) is 112 cm³/mol. The van der Waals surface area contributed by atoms with Crippen LogP contribution in [0.4, 0.5) is 0 Å². The Balaban J connectivity index is 1.71. The van der Waals surface area contributed by atoms with Crippen LogP contribution in [0.25, 0.3) is 0 Å². The van der Waals surface area contributed by atoms with E-state index >= 15 is 0 Å². The predicted octanol–water partition coefficient (Wildman–Crippen LogP) is 2.68. The van der Waals surface area contributed by atoms with E-state index in [9.17, 15) is 0 Å². The van der Waals surface area contributed by atoms with E-state index < -0.39 is 0 Å². The molecule has 0 amide bonds. The smallest absolute Gasteiger partial charge is 0.191 e. The third-order valence-corrected chi connectivity index (χ3v) is 5.18. The molecular weight excluding hydrogens is 322 g/mol. The summed E-state index contributed by atoms with van der Waals surface area (Å²) in [6, 6.07) is 9.00. The summed E-state index contributed by atoms with van der Waals surface area (Å²) >= 11 is 0. The largest absolute Gasteiger partial charge is 0.355 e. The normalized spacial score (nSPS) is 16.1. The first kappa shape index (κ1) is 20.7. The molecule has 1 heterocycles. The summed E-state index contributed by atoms with van der Waals surface area (Å²) in [7, 11) is 1.83. The topological polar surface area (TPSA) is 42.9 Å².